The lowest BCUT2D eigenvalue weighted by molar-refractivity contribution is -0.132. The van der Waals surface area contributed by atoms with Crippen molar-refractivity contribution in [3.05, 3.63) is 95.3 Å². The number of hydrogen-bond acceptors (Lipinski definition) is 8. The second kappa shape index (κ2) is 12.9. The molecule has 2 aromatic heterocycles. The fraction of sp³-hybridized carbons (Fsp3) is 0.385. The van der Waals surface area contributed by atoms with Crippen LogP contribution >= 0.6 is 0 Å². The molecule has 1 spiro atoms. The van der Waals surface area contributed by atoms with E-state index in [1.54, 1.807) is 4.68 Å². The minimum absolute atomic E-state index is 0.0579. The van der Waals surface area contributed by atoms with E-state index in [0.717, 1.165) is 65.2 Å². The number of aryl methyl sites for hydroxylation is 1. The summed E-state index contributed by atoms with van der Waals surface area (Å²) in [7, 11) is 1.86. The Morgan fingerprint density at radius 2 is 1.78 bits per heavy atom. The number of fused-ring (bicyclic) bond motifs is 1. The number of likely N-dealkylation sites (tertiary alicyclic amines) is 1. The second-order valence-corrected chi connectivity index (χ2v) is 14.2. The Morgan fingerprint density at radius 1 is 0.980 bits per heavy atom. The van der Waals surface area contributed by atoms with Gasteiger partial charge < -0.3 is 14.5 Å². The van der Waals surface area contributed by atoms with Crippen molar-refractivity contribution >= 4 is 28.8 Å². The van der Waals surface area contributed by atoms with Crippen LogP contribution in [0.5, 0.6) is 5.88 Å². The van der Waals surface area contributed by atoms with E-state index in [2.05, 4.69) is 62.7 Å². The van der Waals surface area contributed by atoms with Crippen LogP contribution in [0, 0.1) is 5.41 Å². The van der Waals surface area contributed by atoms with E-state index in [-0.39, 0.29) is 17.9 Å². The van der Waals surface area contributed by atoms with Crippen molar-refractivity contribution in [2.24, 2.45) is 17.5 Å². The van der Waals surface area contributed by atoms with Gasteiger partial charge in [-0.3, -0.25) is 24.2 Å². The zero-order valence-corrected chi connectivity index (χ0v) is 28.9. The summed E-state index contributed by atoms with van der Waals surface area (Å²) in [6.07, 6.45) is 8.32. The minimum atomic E-state index is -0.446. The molecule has 4 aromatic rings. The first-order valence-corrected chi connectivity index (χ1v) is 17.5. The highest BCUT2D eigenvalue weighted by atomic mass is 16.5. The Morgan fingerprint density at radius 3 is 2.50 bits per heavy atom. The lowest BCUT2D eigenvalue weighted by atomic mass is 9.85. The molecule has 0 aliphatic carbocycles. The predicted octanol–water partition coefficient (Wildman–Crippen LogP) is 4.76. The van der Waals surface area contributed by atoms with Gasteiger partial charge in [0.05, 0.1) is 36.5 Å². The summed E-state index contributed by atoms with van der Waals surface area (Å²) in [4.78, 5) is 42.8. The van der Waals surface area contributed by atoms with E-state index in [0.29, 0.717) is 45.1 Å². The van der Waals surface area contributed by atoms with E-state index in [1.807, 2.05) is 61.3 Å². The van der Waals surface area contributed by atoms with Crippen molar-refractivity contribution in [3.63, 3.8) is 0 Å². The lowest BCUT2D eigenvalue weighted by Crippen LogP contribution is -2.43. The number of carbonyl (C=O) groups is 2. The Labute approximate surface area is 292 Å². The highest BCUT2D eigenvalue weighted by Crippen LogP contribution is 2.43. The summed E-state index contributed by atoms with van der Waals surface area (Å²) in [6.45, 7) is 8.26. The summed E-state index contributed by atoms with van der Waals surface area (Å²) in [5.41, 5.74) is 8.80. The summed E-state index contributed by atoms with van der Waals surface area (Å²) in [6, 6.07) is 18.5. The molecule has 0 bridgehead atoms. The maximum absolute atomic E-state index is 14.0. The minimum Gasteiger partial charge on any atom is -0.475 e. The molecule has 2 saturated heterocycles. The SMILES string of the molecule is CC(C)Oc1ccc(C2=NCc3ccc(N4CC[C@]5(CCN(CC(=O)N6CC=C(c7ccc(-c8cn(C)nn8)cc7)CC6)C5)C4=O)cc32)cn1. The van der Waals surface area contributed by atoms with Crippen molar-refractivity contribution in [2.75, 3.05) is 44.2 Å². The van der Waals surface area contributed by atoms with Crippen molar-refractivity contribution in [1.29, 1.82) is 0 Å². The van der Waals surface area contributed by atoms with Gasteiger partial charge in [-0.2, -0.15) is 0 Å². The quantitative estimate of drug-likeness (QED) is 0.266. The van der Waals surface area contributed by atoms with Crippen LogP contribution in [0.1, 0.15) is 55.4 Å². The largest absolute Gasteiger partial charge is 0.475 e. The van der Waals surface area contributed by atoms with Gasteiger partial charge in [0.1, 0.15) is 5.69 Å². The molecule has 50 heavy (non-hydrogen) atoms. The van der Waals surface area contributed by atoms with Crippen LogP contribution in [0.3, 0.4) is 0 Å². The molecule has 11 nitrogen and oxygen atoms in total. The van der Waals surface area contributed by atoms with Crippen LogP contribution in [0.4, 0.5) is 5.69 Å². The van der Waals surface area contributed by atoms with Gasteiger partial charge in [0.15, 0.2) is 0 Å². The van der Waals surface area contributed by atoms with Crippen LogP contribution in [0.15, 0.2) is 78.1 Å². The number of nitrogens with zero attached hydrogens (tertiary/aromatic N) is 8. The topological polar surface area (TPSA) is 109 Å². The van der Waals surface area contributed by atoms with Crippen molar-refractivity contribution in [2.45, 2.75) is 45.8 Å². The standard InChI is InChI=1S/C39H42N8O3/c1-26(2)50-35-11-9-31(22-40-35)37-33-20-32(10-8-30(33)21-41-37)47-19-15-39(38(47)49)14-18-45(25-39)24-36(48)46-16-12-28(13-17-46)27-4-6-29(7-5-27)34-23-44(3)43-42-34/h4-12,20,22-23,26H,13-19,21,24-25H2,1-3H3/t39-/m0/s1. The monoisotopic (exact) mass is 670 g/mol. The van der Waals surface area contributed by atoms with Gasteiger partial charge in [0, 0.05) is 67.9 Å². The Bertz CT molecular complexity index is 2000. The number of amides is 2. The van der Waals surface area contributed by atoms with E-state index in [1.165, 1.54) is 11.1 Å². The number of pyridine rings is 1. The molecule has 4 aliphatic rings. The molecule has 1 atom stereocenters. The van der Waals surface area contributed by atoms with Crippen molar-refractivity contribution < 1.29 is 14.3 Å². The molecule has 0 N–H and O–H groups in total. The molecule has 2 amide bonds. The normalized spacial score (nSPS) is 20.5. The average Bonchev–Trinajstić information content (AvgIpc) is 3.92. The number of anilines is 1. The van der Waals surface area contributed by atoms with E-state index < -0.39 is 5.41 Å². The third-order valence-electron chi connectivity index (χ3n) is 10.5. The lowest BCUT2D eigenvalue weighted by Gasteiger charge is -2.29. The molecule has 6 heterocycles. The highest BCUT2D eigenvalue weighted by Gasteiger charge is 2.51. The molecule has 2 aromatic carbocycles. The smallest absolute Gasteiger partial charge is 0.237 e. The summed E-state index contributed by atoms with van der Waals surface area (Å²) < 4.78 is 7.41. The second-order valence-electron chi connectivity index (χ2n) is 14.2. The zero-order chi connectivity index (χ0) is 34.4. The number of benzene rings is 2. The number of ether oxygens (including phenoxy) is 1. The molecular weight excluding hydrogens is 628 g/mol. The van der Waals surface area contributed by atoms with Gasteiger partial charge in [-0.25, -0.2) is 4.98 Å². The molecular formula is C39H42N8O3. The summed E-state index contributed by atoms with van der Waals surface area (Å²) in [5.74, 6) is 0.884. The van der Waals surface area contributed by atoms with Gasteiger partial charge in [-0.15, -0.1) is 5.10 Å². The van der Waals surface area contributed by atoms with Gasteiger partial charge in [0.2, 0.25) is 17.7 Å². The molecule has 4 aliphatic heterocycles. The number of aromatic nitrogens is 4. The molecule has 0 unspecified atom stereocenters. The third-order valence-corrected chi connectivity index (χ3v) is 10.5. The molecule has 256 valence electrons. The van der Waals surface area contributed by atoms with Crippen LogP contribution in [0.2, 0.25) is 0 Å². The van der Waals surface area contributed by atoms with Gasteiger partial charge in [-0.1, -0.05) is 41.6 Å². The Kier molecular flexibility index (Phi) is 8.30. The van der Waals surface area contributed by atoms with Gasteiger partial charge in [0.25, 0.3) is 0 Å². The molecule has 8 rings (SSSR count). The fourth-order valence-corrected chi connectivity index (χ4v) is 7.74. The third kappa shape index (κ3) is 6.10. The number of carbonyl (C=O) groups excluding carboxylic acids is 2. The van der Waals surface area contributed by atoms with Gasteiger partial charge >= 0.3 is 0 Å². The maximum atomic E-state index is 14.0. The van der Waals surface area contributed by atoms with Crippen LogP contribution < -0.4 is 9.64 Å². The zero-order valence-electron chi connectivity index (χ0n) is 28.9. The number of hydrogen-bond donors (Lipinski definition) is 0. The van der Waals surface area contributed by atoms with Gasteiger partial charge in [-0.05, 0) is 74.6 Å². The Balaban J connectivity index is 0.876. The average molecular weight is 671 g/mol. The highest BCUT2D eigenvalue weighted by molar-refractivity contribution is 6.16. The first-order chi connectivity index (χ1) is 24.2. The predicted molar refractivity (Wildman–Crippen MR) is 192 cm³/mol. The number of aliphatic imine (C=N–C) groups is 1. The molecule has 11 heteroatoms. The van der Waals surface area contributed by atoms with E-state index in [4.69, 9.17) is 9.73 Å². The van der Waals surface area contributed by atoms with E-state index in [9.17, 15) is 9.59 Å². The van der Waals surface area contributed by atoms with Crippen LogP contribution in [-0.2, 0) is 23.2 Å². The molecule has 0 saturated carbocycles. The van der Waals surface area contributed by atoms with Crippen LogP contribution in [0.25, 0.3) is 16.8 Å². The summed E-state index contributed by atoms with van der Waals surface area (Å²) >= 11 is 0. The first kappa shape index (κ1) is 32.1. The number of rotatable bonds is 8. The maximum Gasteiger partial charge on any atom is 0.237 e. The van der Waals surface area contributed by atoms with Crippen molar-refractivity contribution in [3.8, 4) is 17.1 Å². The fourth-order valence-electron chi connectivity index (χ4n) is 7.74. The first-order valence-electron chi connectivity index (χ1n) is 17.5. The molecule has 0 radical (unpaired) electrons. The summed E-state index contributed by atoms with van der Waals surface area (Å²) in [5, 5.41) is 8.22. The molecule has 2 fully saturated rings. The van der Waals surface area contributed by atoms with Crippen molar-refractivity contribution in [1.82, 2.24) is 29.8 Å². The van der Waals surface area contributed by atoms with Crippen LogP contribution in [-0.4, -0.2) is 92.7 Å². The Hall–Kier alpha value is -5.16. The van der Waals surface area contributed by atoms with E-state index >= 15 is 0 Å².